The van der Waals surface area contributed by atoms with Crippen molar-refractivity contribution < 1.29 is 12.8 Å². The smallest absolute Gasteiger partial charge is 0.281 e. The lowest BCUT2D eigenvalue weighted by Crippen LogP contribution is -2.51. The van der Waals surface area contributed by atoms with Crippen LogP contribution in [0.15, 0.2) is 36.7 Å². The lowest BCUT2D eigenvalue weighted by Gasteiger charge is -2.35. The largest absolute Gasteiger partial charge is 0.296 e. The number of halogens is 1. The molecule has 3 rings (SSSR count). The first-order valence-electron chi connectivity index (χ1n) is 8.06. The summed E-state index contributed by atoms with van der Waals surface area (Å²) in [5.41, 5.74) is 1.65. The van der Waals surface area contributed by atoms with Gasteiger partial charge in [0.1, 0.15) is 5.82 Å². The highest BCUT2D eigenvalue weighted by Crippen LogP contribution is 2.19. The monoisotopic (exact) mass is 367 g/mol. The number of rotatable bonds is 5. The van der Waals surface area contributed by atoms with Crippen molar-refractivity contribution in [3.63, 3.8) is 0 Å². The maximum atomic E-state index is 13.7. The standard InChI is InChI=1S/C16H22FN5O2S/c1-19(2)25(23,24)21-10-8-20(9-11-21)13-14-12-15(17)4-5-16(14)22-7-3-6-18-22/h3-7,12H,8-11,13H2,1-2H3. The molecule has 0 aliphatic carbocycles. The zero-order chi connectivity index (χ0) is 18.0. The topological polar surface area (TPSA) is 61.7 Å². The highest BCUT2D eigenvalue weighted by atomic mass is 32.2. The van der Waals surface area contributed by atoms with E-state index in [1.807, 2.05) is 12.3 Å². The van der Waals surface area contributed by atoms with Crippen molar-refractivity contribution in [3.8, 4) is 5.69 Å². The van der Waals surface area contributed by atoms with Crippen LogP contribution in [0.1, 0.15) is 5.56 Å². The van der Waals surface area contributed by atoms with Gasteiger partial charge >= 0.3 is 0 Å². The van der Waals surface area contributed by atoms with Gasteiger partial charge in [-0.05, 0) is 29.8 Å². The zero-order valence-electron chi connectivity index (χ0n) is 14.3. The molecule has 0 spiro atoms. The molecule has 0 atom stereocenters. The Bertz CT molecular complexity index is 815. The third kappa shape index (κ3) is 3.90. The summed E-state index contributed by atoms with van der Waals surface area (Å²) >= 11 is 0. The van der Waals surface area contributed by atoms with Gasteiger partial charge < -0.3 is 0 Å². The third-order valence-corrected chi connectivity index (χ3v) is 6.25. The van der Waals surface area contributed by atoms with Crippen LogP contribution >= 0.6 is 0 Å². The molecule has 0 radical (unpaired) electrons. The third-order valence-electron chi connectivity index (χ3n) is 4.31. The zero-order valence-corrected chi connectivity index (χ0v) is 15.2. The molecular weight excluding hydrogens is 345 g/mol. The van der Waals surface area contributed by atoms with Gasteiger partial charge in [0.15, 0.2) is 0 Å². The molecule has 0 N–H and O–H groups in total. The summed E-state index contributed by atoms with van der Waals surface area (Å²) < 4.78 is 42.5. The molecule has 2 aromatic rings. The average molecular weight is 367 g/mol. The molecule has 0 bridgehead atoms. The van der Waals surface area contributed by atoms with Crippen molar-refractivity contribution in [1.29, 1.82) is 0 Å². The summed E-state index contributed by atoms with van der Waals surface area (Å²) in [7, 11) is -0.316. The average Bonchev–Trinajstić information content (AvgIpc) is 3.09. The van der Waals surface area contributed by atoms with E-state index in [4.69, 9.17) is 0 Å². The Kier molecular flexibility index (Phi) is 5.19. The van der Waals surface area contributed by atoms with E-state index in [9.17, 15) is 12.8 Å². The molecule has 1 saturated heterocycles. The summed E-state index contributed by atoms with van der Waals surface area (Å²) in [6.45, 7) is 2.59. The quantitative estimate of drug-likeness (QED) is 0.789. The van der Waals surface area contributed by atoms with E-state index < -0.39 is 10.2 Å². The second kappa shape index (κ2) is 7.20. The van der Waals surface area contributed by atoms with Gasteiger partial charge in [0.2, 0.25) is 0 Å². The van der Waals surface area contributed by atoms with Gasteiger partial charge in [0.25, 0.3) is 10.2 Å². The van der Waals surface area contributed by atoms with Gasteiger partial charge in [0, 0.05) is 59.2 Å². The molecule has 136 valence electrons. The van der Waals surface area contributed by atoms with E-state index in [1.54, 1.807) is 16.9 Å². The van der Waals surface area contributed by atoms with E-state index in [0.717, 1.165) is 11.3 Å². The van der Waals surface area contributed by atoms with Crippen LogP contribution in [-0.2, 0) is 16.8 Å². The molecule has 0 saturated carbocycles. The molecule has 9 heteroatoms. The molecule has 2 heterocycles. The first kappa shape index (κ1) is 18.0. The van der Waals surface area contributed by atoms with E-state index >= 15 is 0 Å². The molecule has 1 aliphatic heterocycles. The lowest BCUT2D eigenvalue weighted by atomic mass is 10.1. The molecule has 7 nitrogen and oxygen atoms in total. The Morgan fingerprint density at radius 3 is 2.52 bits per heavy atom. The fourth-order valence-corrected chi connectivity index (χ4v) is 3.99. The molecule has 1 aromatic heterocycles. The van der Waals surface area contributed by atoms with Crippen LogP contribution in [-0.4, -0.2) is 72.0 Å². The number of nitrogens with zero attached hydrogens (tertiary/aromatic N) is 5. The lowest BCUT2D eigenvalue weighted by molar-refractivity contribution is 0.177. The second-order valence-electron chi connectivity index (χ2n) is 6.19. The summed E-state index contributed by atoms with van der Waals surface area (Å²) in [5.74, 6) is -0.292. The molecule has 1 aromatic carbocycles. The molecular formula is C16H22FN5O2S. The molecule has 1 aliphatic rings. The Balaban J connectivity index is 1.72. The highest BCUT2D eigenvalue weighted by Gasteiger charge is 2.28. The number of hydrogen-bond acceptors (Lipinski definition) is 4. The minimum Gasteiger partial charge on any atom is -0.296 e. The fourth-order valence-electron chi connectivity index (χ4n) is 2.91. The molecule has 1 fully saturated rings. The van der Waals surface area contributed by atoms with Crippen LogP contribution in [0.2, 0.25) is 0 Å². The number of aromatic nitrogens is 2. The van der Waals surface area contributed by atoms with Gasteiger partial charge in [-0.15, -0.1) is 0 Å². The first-order chi connectivity index (χ1) is 11.9. The van der Waals surface area contributed by atoms with Gasteiger partial charge in [-0.25, -0.2) is 9.07 Å². The fraction of sp³-hybridized carbons (Fsp3) is 0.438. The minimum absolute atomic E-state index is 0.292. The van der Waals surface area contributed by atoms with Gasteiger partial charge in [-0.3, -0.25) is 4.90 Å². The predicted octanol–water partition coefficient (Wildman–Crippen LogP) is 0.935. The van der Waals surface area contributed by atoms with Crippen molar-refractivity contribution in [3.05, 3.63) is 48.0 Å². The SMILES string of the molecule is CN(C)S(=O)(=O)N1CCN(Cc2cc(F)ccc2-n2cccn2)CC1. The summed E-state index contributed by atoms with van der Waals surface area (Å²) in [6.07, 6.45) is 3.50. The van der Waals surface area contributed by atoms with E-state index in [0.29, 0.717) is 32.7 Å². The summed E-state index contributed by atoms with van der Waals surface area (Å²) in [6, 6.07) is 6.46. The molecule has 25 heavy (non-hydrogen) atoms. The van der Waals surface area contributed by atoms with E-state index in [2.05, 4.69) is 10.00 Å². The molecule has 0 amide bonds. The van der Waals surface area contributed by atoms with Crippen LogP contribution in [0.5, 0.6) is 0 Å². The van der Waals surface area contributed by atoms with Gasteiger partial charge in [-0.1, -0.05) is 0 Å². The number of benzene rings is 1. The Hall–Kier alpha value is -1.81. The van der Waals surface area contributed by atoms with E-state index in [-0.39, 0.29) is 5.82 Å². The van der Waals surface area contributed by atoms with Gasteiger partial charge in [0.05, 0.1) is 5.69 Å². The van der Waals surface area contributed by atoms with Crippen molar-refractivity contribution in [2.75, 3.05) is 40.3 Å². The van der Waals surface area contributed by atoms with Crippen molar-refractivity contribution in [2.24, 2.45) is 0 Å². The predicted molar refractivity (Wildman–Crippen MR) is 93.0 cm³/mol. The Morgan fingerprint density at radius 1 is 1.20 bits per heavy atom. The van der Waals surface area contributed by atoms with Crippen molar-refractivity contribution >= 4 is 10.2 Å². The Labute approximate surface area is 147 Å². The maximum absolute atomic E-state index is 13.7. The van der Waals surface area contributed by atoms with Crippen LogP contribution in [0.3, 0.4) is 0 Å². The van der Waals surface area contributed by atoms with Crippen molar-refractivity contribution in [1.82, 2.24) is 23.3 Å². The first-order valence-corrected chi connectivity index (χ1v) is 9.46. The summed E-state index contributed by atoms with van der Waals surface area (Å²) in [5, 5.41) is 4.22. The van der Waals surface area contributed by atoms with Crippen LogP contribution < -0.4 is 0 Å². The van der Waals surface area contributed by atoms with Gasteiger partial charge in [-0.2, -0.15) is 22.1 Å². The minimum atomic E-state index is -3.38. The highest BCUT2D eigenvalue weighted by molar-refractivity contribution is 7.86. The van der Waals surface area contributed by atoms with Crippen LogP contribution in [0.4, 0.5) is 4.39 Å². The summed E-state index contributed by atoms with van der Waals surface area (Å²) in [4.78, 5) is 2.13. The van der Waals surface area contributed by atoms with E-state index in [1.165, 1.54) is 34.8 Å². The van der Waals surface area contributed by atoms with Crippen molar-refractivity contribution in [2.45, 2.75) is 6.54 Å². The number of hydrogen-bond donors (Lipinski definition) is 0. The second-order valence-corrected chi connectivity index (χ2v) is 8.33. The molecule has 0 unspecified atom stereocenters. The van der Waals surface area contributed by atoms with Crippen LogP contribution in [0.25, 0.3) is 5.69 Å². The van der Waals surface area contributed by atoms with Crippen LogP contribution in [0, 0.1) is 5.82 Å². The maximum Gasteiger partial charge on any atom is 0.281 e. The Morgan fingerprint density at radius 2 is 1.92 bits per heavy atom. The normalized spacial score (nSPS) is 17.3. The number of piperazine rings is 1.